The summed E-state index contributed by atoms with van der Waals surface area (Å²) in [6.45, 7) is 2.14. The van der Waals surface area contributed by atoms with Gasteiger partial charge in [0.15, 0.2) is 0 Å². The summed E-state index contributed by atoms with van der Waals surface area (Å²) in [5.74, 6) is -1.10. The van der Waals surface area contributed by atoms with Crippen LogP contribution in [0.1, 0.15) is 17.5 Å². The van der Waals surface area contributed by atoms with Gasteiger partial charge >= 0.3 is 12.1 Å². The molecular formula is C14H15NO4. The maximum atomic E-state index is 11.0. The van der Waals surface area contributed by atoms with E-state index in [0.29, 0.717) is 0 Å². The lowest BCUT2D eigenvalue weighted by atomic mass is 10.1. The van der Waals surface area contributed by atoms with Gasteiger partial charge in [0.1, 0.15) is 6.04 Å². The summed E-state index contributed by atoms with van der Waals surface area (Å²) in [5, 5.41) is 18.0. The number of amides is 1. The van der Waals surface area contributed by atoms with Crippen molar-refractivity contribution in [1.82, 2.24) is 4.90 Å². The number of benzene rings is 1. The zero-order chi connectivity index (χ0) is 14.0. The number of rotatable bonds is 2. The fourth-order valence-corrected chi connectivity index (χ4v) is 2.18. The van der Waals surface area contributed by atoms with Crippen LogP contribution in [0.25, 0.3) is 6.08 Å². The third-order valence-corrected chi connectivity index (χ3v) is 3.18. The van der Waals surface area contributed by atoms with Crippen molar-refractivity contribution in [2.45, 2.75) is 19.4 Å². The minimum Gasteiger partial charge on any atom is -0.480 e. The number of carbonyl (C=O) groups is 2. The van der Waals surface area contributed by atoms with Crippen molar-refractivity contribution < 1.29 is 19.8 Å². The fourth-order valence-electron chi connectivity index (χ4n) is 2.18. The Bertz CT molecular complexity index is 509. The molecule has 1 aromatic carbocycles. The number of hydrogen-bond acceptors (Lipinski definition) is 2. The molecule has 5 nitrogen and oxygen atoms in total. The number of hydrogen-bond donors (Lipinski definition) is 2. The molecule has 0 bridgehead atoms. The molecule has 1 heterocycles. The van der Waals surface area contributed by atoms with E-state index >= 15 is 0 Å². The molecule has 100 valence electrons. The van der Waals surface area contributed by atoms with Crippen molar-refractivity contribution in [3.05, 3.63) is 41.0 Å². The molecule has 0 aromatic heterocycles. The van der Waals surface area contributed by atoms with Crippen molar-refractivity contribution in [3.8, 4) is 0 Å². The second kappa shape index (κ2) is 5.14. The number of carboxylic acid groups (broad SMARTS) is 2. The average Bonchev–Trinajstić information content (AvgIpc) is 2.76. The molecule has 0 aliphatic carbocycles. The largest absolute Gasteiger partial charge is 0.480 e. The van der Waals surface area contributed by atoms with Gasteiger partial charge in [0.2, 0.25) is 0 Å². The number of likely N-dealkylation sites (tertiary alicyclic amines) is 1. The van der Waals surface area contributed by atoms with E-state index < -0.39 is 18.1 Å². The minimum absolute atomic E-state index is 0.153. The standard InChI is InChI=1S/C14H15NO4/c1-9-2-4-10(5-3-9)6-11-7-12(13(16)17)15(8-11)14(18)19/h2-6,12H,7-8H2,1H3,(H,16,17)(H,18,19). The SMILES string of the molecule is Cc1ccc(C=C2CC(C(=O)O)N(C(=O)O)C2)cc1. The van der Waals surface area contributed by atoms with Gasteiger partial charge in [0.05, 0.1) is 0 Å². The number of nitrogens with zero attached hydrogens (tertiary/aromatic N) is 1. The fraction of sp³-hybridized carbons (Fsp3) is 0.286. The summed E-state index contributed by atoms with van der Waals surface area (Å²) in [7, 11) is 0. The lowest BCUT2D eigenvalue weighted by Crippen LogP contribution is -2.39. The molecule has 0 spiro atoms. The highest BCUT2D eigenvalue weighted by Gasteiger charge is 2.36. The van der Waals surface area contributed by atoms with Gasteiger partial charge in [0.25, 0.3) is 0 Å². The molecule has 0 radical (unpaired) electrons. The maximum Gasteiger partial charge on any atom is 0.408 e. The molecule has 5 heteroatoms. The minimum atomic E-state index is -1.19. The van der Waals surface area contributed by atoms with Gasteiger partial charge in [-0.25, -0.2) is 9.59 Å². The van der Waals surface area contributed by atoms with Crippen molar-refractivity contribution in [2.75, 3.05) is 6.54 Å². The van der Waals surface area contributed by atoms with Crippen LogP contribution in [0.15, 0.2) is 29.8 Å². The second-order valence-electron chi connectivity index (χ2n) is 4.68. The third kappa shape index (κ3) is 2.93. The van der Waals surface area contributed by atoms with Gasteiger partial charge in [-0.3, -0.25) is 4.90 Å². The Morgan fingerprint density at radius 2 is 1.89 bits per heavy atom. The summed E-state index contributed by atoms with van der Waals surface area (Å²) in [6.07, 6.45) is 0.910. The van der Waals surface area contributed by atoms with E-state index in [1.165, 1.54) is 0 Å². The van der Waals surface area contributed by atoms with Crippen LogP contribution in [-0.2, 0) is 4.79 Å². The van der Waals surface area contributed by atoms with Crippen molar-refractivity contribution in [2.24, 2.45) is 0 Å². The molecule has 1 fully saturated rings. The van der Waals surface area contributed by atoms with Gasteiger partial charge in [-0.2, -0.15) is 0 Å². The predicted octanol–water partition coefficient (Wildman–Crippen LogP) is 2.22. The average molecular weight is 261 g/mol. The van der Waals surface area contributed by atoms with E-state index in [4.69, 9.17) is 10.2 Å². The molecule has 19 heavy (non-hydrogen) atoms. The summed E-state index contributed by atoms with van der Waals surface area (Å²) in [5.41, 5.74) is 2.92. The van der Waals surface area contributed by atoms with E-state index in [2.05, 4.69) is 0 Å². The third-order valence-electron chi connectivity index (χ3n) is 3.18. The van der Waals surface area contributed by atoms with E-state index in [1.807, 2.05) is 37.3 Å². The molecule has 1 saturated heterocycles. The molecule has 1 unspecified atom stereocenters. The Morgan fingerprint density at radius 1 is 1.26 bits per heavy atom. The lowest BCUT2D eigenvalue weighted by molar-refractivity contribution is -0.141. The first-order chi connectivity index (χ1) is 8.97. The van der Waals surface area contributed by atoms with E-state index in [-0.39, 0.29) is 13.0 Å². The highest BCUT2D eigenvalue weighted by atomic mass is 16.4. The van der Waals surface area contributed by atoms with E-state index in [0.717, 1.165) is 21.6 Å². The van der Waals surface area contributed by atoms with Crippen LogP contribution >= 0.6 is 0 Å². The zero-order valence-corrected chi connectivity index (χ0v) is 10.5. The quantitative estimate of drug-likeness (QED) is 0.855. The zero-order valence-electron chi connectivity index (χ0n) is 10.5. The predicted molar refractivity (Wildman–Crippen MR) is 69.9 cm³/mol. The van der Waals surface area contributed by atoms with Gasteiger partial charge in [0, 0.05) is 13.0 Å². The van der Waals surface area contributed by atoms with E-state index in [9.17, 15) is 9.59 Å². The smallest absolute Gasteiger partial charge is 0.408 e. The normalized spacial score (nSPS) is 20.8. The van der Waals surface area contributed by atoms with Crippen LogP contribution in [0.3, 0.4) is 0 Å². The van der Waals surface area contributed by atoms with Crippen LogP contribution in [-0.4, -0.2) is 39.8 Å². The molecule has 0 saturated carbocycles. The molecule has 2 N–H and O–H groups in total. The summed E-state index contributed by atoms with van der Waals surface area (Å²) >= 11 is 0. The first kappa shape index (κ1) is 13.1. The topological polar surface area (TPSA) is 77.8 Å². The van der Waals surface area contributed by atoms with Crippen LogP contribution in [0.2, 0.25) is 0 Å². The van der Waals surface area contributed by atoms with Crippen LogP contribution in [0.4, 0.5) is 4.79 Å². The monoisotopic (exact) mass is 261 g/mol. The molecule has 1 aromatic rings. The molecule has 1 aliphatic heterocycles. The Balaban J connectivity index is 2.21. The summed E-state index contributed by atoms with van der Waals surface area (Å²) < 4.78 is 0. The van der Waals surface area contributed by atoms with Crippen molar-refractivity contribution in [1.29, 1.82) is 0 Å². The number of aliphatic carboxylic acids is 1. The lowest BCUT2D eigenvalue weighted by Gasteiger charge is -2.16. The van der Waals surface area contributed by atoms with Crippen LogP contribution < -0.4 is 0 Å². The summed E-state index contributed by atoms with van der Waals surface area (Å²) in [6, 6.07) is 6.81. The van der Waals surface area contributed by atoms with Crippen molar-refractivity contribution >= 4 is 18.1 Å². The molecular weight excluding hydrogens is 246 g/mol. The van der Waals surface area contributed by atoms with Gasteiger partial charge in [-0.05, 0) is 18.1 Å². The first-order valence-corrected chi connectivity index (χ1v) is 5.96. The molecule has 1 amide bonds. The van der Waals surface area contributed by atoms with Crippen LogP contribution in [0.5, 0.6) is 0 Å². The van der Waals surface area contributed by atoms with Gasteiger partial charge in [-0.1, -0.05) is 35.9 Å². The Labute approximate surface area is 110 Å². The Hall–Kier alpha value is -2.30. The van der Waals surface area contributed by atoms with Gasteiger partial charge < -0.3 is 10.2 Å². The first-order valence-electron chi connectivity index (χ1n) is 5.96. The van der Waals surface area contributed by atoms with Gasteiger partial charge in [-0.15, -0.1) is 0 Å². The van der Waals surface area contributed by atoms with Crippen molar-refractivity contribution in [3.63, 3.8) is 0 Å². The highest BCUT2D eigenvalue weighted by Crippen LogP contribution is 2.25. The van der Waals surface area contributed by atoms with E-state index in [1.54, 1.807) is 0 Å². The Kier molecular flexibility index (Phi) is 3.55. The molecule has 2 rings (SSSR count). The summed E-state index contributed by atoms with van der Waals surface area (Å²) in [4.78, 5) is 23.0. The number of carboxylic acids is 1. The highest BCUT2D eigenvalue weighted by molar-refractivity contribution is 5.81. The molecule has 1 aliphatic rings. The second-order valence-corrected chi connectivity index (χ2v) is 4.68. The molecule has 1 atom stereocenters. The number of aryl methyl sites for hydroxylation is 1. The van der Waals surface area contributed by atoms with Crippen LogP contribution in [0, 0.1) is 6.92 Å². The maximum absolute atomic E-state index is 11.0. The Morgan fingerprint density at radius 3 is 2.37 bits per heavy atom.